The fourth-order valence-corrected chi connectivity index (χ4v) is 2.18. The summed E-state index contributed by atoms with van der Waals surface area (Å²) in [7, 11) is 0. The maximum absolute atomic E-state index is 12.3. The van der Waals surface area contributed by atoms with Crippen LogP contribution in [-0.2, 0) is 0 Å². The quantitative estimate of drug-likeness (QED) is 0.756. The number of halogens is 2. The van der Waals surface area contributed by atoms with E-state index in [1.165, 1.54) is 12.3 Å². The number of fused-ring (bicyclic) bond motifs is 1. The fraction of sp³-hybridized carbons (Fsp3) is 0. The zero-order valence-corrected chi connectivity index (χ0v) is 13.1. The standard InChI is InChI=1S/C15H10ClN3O3.ClH/c16-8-5-6-11(18-7-8)19-15(21)13-12(14(17)20)9-3-1-2-4-10(9)22-13;/h1-7H,(H2,17,20)(H,18,19,21);1H. The van der Waals surface area contributed by atoms with Gasteiger partial charge in [-0.3, -0.25) is 9.59 Å². The number of benzene rings is 1. The average molecular weight is 352 g/mol. The van der Waals surface area contributed by atoms with E-state index >= 15 is 0 Å². The van der Waals surface area contributed by atoms with Gasteiger partial charge in [0, 0.05) is 11.6 Å². The highest BCUT2D eigenvalue weighted by atomic mass is 35.5. The van der Waals surface area contributed by atoms with Crippen LogP contribution in [0, 0.1) is 0 Å². The molecule has 0 atom stereocenters. The van der Waals surface area contributed by atoms with Crippen LogP contribution in [0.25, 0.3) is 11.0 Å². The predicted molar refractivity (Wildman–Crippen MR) is 89.2 cm³/mol. The number of carbonyl (C=O) groups excluding carboxylic acids is 2. The van der Waals surface area contributed by atoms with Gasteiger partial charge in [0.1, 0.15) is 11.4 Å². The van der Waals surface area contributed by atoms with Crippen molar-refractivity contribution in [2.24, 2.45) is 5.73 Å². The van der Waals surface area contributed by atoms with Crippen LogP contribution in [0.2, 0.25) is 5.02 Å². The van der Waals surface area contributed by atoms with Gasteiger partial charge in [0.25, 0.3) is 11.8 Å². The largest absolute Gasteiger partial charge is 0.450 e. The lowest BCUT2D eigenvalue weighted by molar-refractivity contribution is 0.0963. The minimum absolute atomic E-state index is 0. The van der Waals surface area contributed by atoms with Crippen LogP contribution in [0.15, 0.2) is 47.0 Å². The van der Waals surface area contributed by atoms with Gasteiger partial charge in [0.05, 0.1) is 10.6 Å². The Balaban J connectivity index is 0.00000192. The van der Waals surface area contributed by atoms with E-state index in [0.29, 0.717) is 16.0 Å². The van der Waals surface area contributed by atoms with Crippen molar-refractivity contribution in [3.8, 4) is 0 Å². The second-order valence-electron chi connectivity index (χ2n) is 4.48. The summed E-state index contributed by atoms with van der Waals surface area (Å²) in [4.78, 5) is 27.9. The molecule has 6 nitrogen and oxygen atoms in total. The molecule has 1 aromatic carbocycles. The molecule has 3 N–H and O–H groups in total. The van der Waals surface area contributed by atoms with E-state index in [1.807, 2.05) is 0 Å². The van der Waals surface area contributed by atoms with Gasteiger partial charge in [-0.25, -0.2) is 4.98 Å². The molecule has 0 spiro atoms. The molecule has 0 aliphatic heterocycles. The number of anilines is 1. The van der Waals surface area contributed by atoms with Crippen molar-refractivity contribution in [1.29, 1.82) is 0 Å². The van der Waals surface area contributed by atoms with Crippen molar-refractivity contribution >= 4 is 52.6 Å². The zero-order valence-electron chi connectivity index (χ0n) is 11.6. The first kappa shape index (κ1) is 16.8. The van der Waals surface area contributed by atoms with E-state index in [0.717, 1.165) is 0 Å². The first-order valence-electron chi connectivity index (χ1n) is 6.30. The third-order valence-corrected chi connectivity index (χ3v) is 3.24. The van der Waals surface area contributed by atoms with E-state index in [4.69, 9.17) is 21.8 Å². The Kier molecular flexibility index (Phi) is 4.88. The lowest BCUT2D eigenvalue weighted by Crippen LogP contribution is -2.19. The highest BCUT2D eigenvalue weighted by Gasteiger charge is 2.24. The smallest absolute Gasteiger partial charge is 0.293 e. The molecule has 3 aromatic rings. The van der Waals surface area contributed by atoms with Crippen molar-refractivity contribution < 1.29 is 14.0 Å². The van der Waals surface area contributed by atoms with E-state index in [-0.39, 0.29) is 29.5 Å². The Bertz CT molecular complexity index is 875. The van der Waals surface area contributed by atoms with Crippen molar-refractivity contribution in [3.63, 3.8) is 0 Å². The number of hydrogen-bond acceptors (Lipinski definition) is 4. The van der Waals surface area contributed by atoms with E-state index < -0.39 is 11.8 Å². The Morgan fingerprint density at radius 3 is 2.57 bits per heavy atom. The summed E-state index contributed by atoms with van der Waals surface area (Å²) in [5, 5.41) is 3.47. The van der Waals surface area contributed by atoms with Gasteiger partial charge in [-0.05, 0) is 18.2 Å². The minimum atomic E-state index is -0.737. The summed E-state index contributed by atoms with van der Waals surface area (Å²) in [6, 6.07) is 9.89. The number of carbonyl (C=O) groups is 2. The van der Waals surface area contributed by atoms with Crippen LogP contribution in [0.3, 0.4) is 0 Å². The van der Waals surface area contributed by atoms with Gasteiger partial charge in [-0.1, -0.05) is 29.8 Å². The monoisotopic (exact) mass is 351 g/mol. The van der Waals surface area contributed by atoms with E-state index in [2.05, 4.69) is 10.3 Å². The first-order valence-corrected chi connectivity index (χ1v) is 6.68. The summed E-state index contributed by atoms with van der Waals surface area (Å²) in [5.74, 6) is -1.21. The van der Waals surface area contributed by atoms with Gasteiger partial charge in [-0.2, -0.15) is 0 Å². The number of nitrogens with zero attached hydrogens (tertiary/aromatic N) is 1. The molecule has 118 valence electrons. The molecule has 0 saturated heterocycles. The molecule has 2 heterocycles. The molecular weight excluding hydrogens is 341 g/mol. The minimum Gasteiger partial charge on any atom is -0.450 e. The number of primary amides is 1. The fourth-order valence-electron chi connectivity index (χ4n) is 2.07. The maximum atomic E-state index is 12.3. The molecule has 23 heavy (non-hydrogen) atoms. The van der Waals surface area contributed by atoms with Gasteiger partial charge in [0.2, 0.25) is 5.76 Å². The third kappa shape index (κ3) is 3.28. The SMILES string of the molecule is Cl.NC(=O)c1c(C(=O)Nc2ccc(Cl)cn2)oc2ccccc12. The average Bonchev–Trinajstić information content (AvgIpc) is 2.89. The predicted octanol–water partition coefficient (Wildman–Crippen LogP) is 3.25. The molecule has 2 amide bonds. The number of para-hydroxylation sites is 1. The highest BCUT2D eigenvalue weighted by molar-refractivity contribution is 6.30. The molecule has 0 aliphatic rings. The number of rotatable bonds is 3. The van der Waals surface area contributed by atoms with Crippen LogP contribution in [0.5, 0.6) is 0 Å². The lowest BCUT2D eigenvalue weighted by Gasteiger charge is -2.03. The Morgan fingerprint density at radius 1 is 1.17 bits per heavy atom. The van der Waals surface area contributed by atoms with Gasteiger partial charge in [-0.15, -0.1) is 12.4 Å². The van der Waals surface area contributed by atoms with E-state index in [9.17, 15) is 9.59 Å². The summed E-state index contributed by atoms with van der Waals surface area (Å²) in [5.41, 5.74) is 5.82. The summed E-state index contributed by atoms with van der Waals surface area (Å²) < 4.78 is 5.45. The second-order valence-corrected chi connectivity index (χ2v) is 4.92. The molecule has 8 heteroatoms. The molecule has 0 unspecified atom stereocenters. The molecule has 2 aromatic heterocycles. The zero-order chi connectivity index (χ0) is 15.7. The molecule has 0 saturated carbocycles. The summed E-state index contributed by atoms with van der Waals surface area (Å²) >= 11 is 5.73. The molecular formula is C15H11Cl2N3O3. The van der Waals surface area contributed by atoms with Crippen LogP contribution >= 0.6 is 24.0 Å². The second kappa shape index (κ2) is 6.68. The number of furan rings is 1. The molecule has 0 radical (unpaired) electrons. The number of nitrogens with one attached hydrogen (secondary N) is 1. The van der Waals surface area contributed by atoms with Crippen LogP contribution in [0.4, 0.5) is 5.82 Å². The molecule has 0 aliphatic carbocycles. The van der Waals surface area contributed by atoms with Crippen molar-refractivity contribution in [3.05, 3.63) is 58.9 Å². The van der Waals surface area contributed by atoms with Gasteiger partial charge in [0.15, 0.2) is 0 Å². The first-order chi connectivity index (χ1) is 10.6. The van der Waals surface area contributed by atoms with Crippen LogP contribution < -0.4 is 11.1 Å². The molecule has 3 rings (SSSR count). The van der Waals surface area contributed by atoms with Crippen molar-refractivity contribution in [2.45, 2.75) is 0 Å². The van der Waals surface area contributed by atoms with Gasteiger partial charge < -0.3 is 15.5 Å². The number of aromatic nitrogens is 1. The van der Waals surface area contributed by atoms with Crippen LogP contribution in [0.1, 0.15) is 20.9 Å². The van der Waals surface area contributed by atoms with Gasteiger partial charge >= 0.3 is 0 Å². The number of hydrogen-bond donors (Lipinski definition) is 2. The summed E-state index contributed by atoms with van der Waals surface area (Å²) in [6.07, 6.45) is 1.39. The topological polar surface area (TPSA) is 98.2 Å². The summed E-state index contributed by atoms with van der Waals surface area (Å²) in [6.45, 7) is 0. The molecule has 0 fully saturated rings. The Labute approximate surface area is 142 Å². The molecule has 0 bridgehead atoms. The Morgan fingerprint density at radius 2 is 1.91 bits per heavy atom. The highest BCUT2D eigenvalue weighted by Crippen LogP contribution is 2.26. The van der Waals surface area contributed by atoms with E-state index in [1.54, 1.807) is 30.3 Å². The van der Waals surface area contributed by atoms with Crippen molar-refractivity contribution in [2.75, 3.05) is 5.32 Å². The normalized spacial score (nSPS) is 10.1. The van der Waals surface area contributed by atoms with Crippen LogP contribution in [-0.4, -0.2) is 16.8 Å². The Hall–Kier alpha value is -2.57. The number of amides is 2. The maximum Gasteiger partial charge on any atom is 0.293 e. The number of pyridine rings is 1. The number of nitrogens with two attached hydrogens (primary N) is 1. The van der Waals surface area contributed by atoms with Crippen molar-refractivity contribution in [1.82, 2.24) is 4.98 Å². The third-order valence-electron chi connectivity index (χ3n) is 3.02. The lowest BCUT2D eigenvalue weighted by atomic mass is 10.1.